The molecular formula is C17H14ClN3O3S. The predicted octanol–water partition coefficient (Wildman–Crippen LogP) is 2.85. The number of anilines is 1. The highest BCUT2D eigenvalue weighted by molar-refractivity contribution is 8.00. The molecule has 128 valence electrons. The summed E-state index contributed by atoms with van der Waals surface area (Å²) in [6, 6.07) is 11.5. The van der Waals surface area contributed by atoms with Gasteiger partial charge in [0, 0.05) is 10.5 Å². The summed E-state index contributed by atoms with van der Waals surface area (Å²) in [5, 5.41) is 2.87. The number of carbonyl (C=O) groups excluding carboxylic acids is 3. The van der Waals surface area contributed by atoms with Crippen molar-refractivity contribution in [2.75, 3.05) is 5.32 Å². The van der Waals surface area contributed by atoms with Crippen LogP contribution in [0.4, 0.5) is 5.69 Å². The SMILES string of the molecule is C[C@H]1Sc2ccc(C(=O)NNC(=O)c3ccccc3Cl)cc2NC1=O. The van der Waals surface area contributed by atoms with Gasteiger partial charge in [-0.25, -0.2) is 0 Å². The fraction of sp³-hybridized carbons (Fsp3) is 0.118. The summed E-state index contributed by atoms with van der Waals surface area (Å²) >= 11 is 7.37. The molecule has 2 aromatic carbocycles. The molecule has 0 fully saturated rings. The number of hydrogen-bond donors (Lipinski definition) is 3. The second-order valence-corrected chi connectivity index (χ2v) is 7.14. The minimum Gasteiger partial charge on any atom is -0.324 e. The van der Waals surface area contributed by atoms with Gasteiger partial charge >= 0.3 is 0 Å². The molecule has 0 unspecified atom stereocenters. The highest BCUT2D eigenvalue weighted by atomic mass is 35.5. The minimum absolute atomic E-state index is 0.109. The maximum Gasteiger partial charge on any atom is 0.271 e. The van der Waals surface area contributed by atoms with E-state index in [2.05, 4.69) is 16.2 Å². The molecule has 6 nitrogen and oxygen atoms in total. The average molecular weight is 376 g/mol. The Morgan fingerprint density at radius 2 is 1.84 bits per heavy atom. The van der Waals surface area contributed by atoms with Crippen LogP contribution in [0.3, 0.4) is 0 Å². The van der Waals surface area contributed by atoms with E-state index in [4.69, 9.17) is 11.6 Å². The Hall–Kier alpha value is -2.51. The Labute approximate surface area is 153 Å². The van der Waals surface area contributed by atoms with Crippen LogP contribution in [-0.2, 0) is 4.79 Å². The van der Waals surface area contributed by atoms with Gasteiger partial charge in [0.2, 0.25) is 5.91 Å². The molecule has 2 aromatic rings. The third-order valence-electron chi connectivity index (χ3n) is 3.58. The summed E-state index contributed by atoms with van der Waals surface area (Å²) < 4.78 is 0. The van der Waals surface area contributed by atoms with Crippen LogP contribution in [0.2, 0.25) is 5.02 Å². The molecule has 0 saturated heterocycles. The van der Waals surface area contributed by atoms with Crippen molar-refractivity contribution in [3.63, 3.8) is 0 Å². The molecule has 0 radical (unpaired) electrons. The Kier molecular flexibility index (Phi) is 4.96. The molecule has 1 heterocycles. The third-order valence-corrected chi connectivity index (χ3v) is 5.09. The molecule has 0 saturated carbocycles. The lowest BCUT2D eigenvalue weighted by atomic mass is 10.2. The molecule has 0 aliphatic carbocycles. The molecule has 8 heteroatoms. The molecule has 3 amide bonds. The zero-order valence-corrected chi connectivity index (χ0v) is 14.7. The van der Waals surface area contributed by atoms with Crippen molar-refractivity contribution in [2.24, 2.45) is 0 Å². The van der Waals surface area contributed by atoms with Crippen molar-refractivity contribution in [3.8, 4) is 0 Å². The van der Waals surface area contributed by atoms with Crippen LogP contribution in [0.5, 0.6) is 0 Å². The molecule has 0 aromatic heterocycles. The number of fused-ring (bicyclic) bond motifs is 1. The number of halogens is 1. The lowest BCUT2D eigenvalue weighted by molar-refractivity contribution is -0.115. The Morgan fingerprint density at radius 1 is 1.12 bits per heavy atom. The maximum absolute atomic E-state index is 12.2. The minimum atomic E-state index is -0.519. The molecule has 1 atom stereocenters. The largest absolute Gasteiger partial charge is 0.324 e. The van der Waals surface area contributed by atoms with Gasteiger partial charge in [0.1, 0.15) is 0 Å². The van der Waals surface area contributed by atoms with Crippen LogP contribution in [0, 0.1) is 0 Å². The van der Waals surface area contributed by atoms with E-state index >= 15 is 0 Å². The standard InChI is InChI=1S/C17H14ClN3O3S/c1-9-15(22)19-13-8-10(6-7-14(13)25-9)16(23)20-21-17(24)11-4-2-3-5-12(11)18/h2-9H,1H3,(H,19,22)(H,20,23)(H,21,24)/t9-/m1/s1. The van der Waals surface area contributed by atoms with Crippen molar-refractivity contribution in [2.45, 2.75) is 17.1 Å². The second-order valence-electron chi connectivity index (χ2n) is 5.35. The van der Waals surface area contributed by atoms with Crippen LogP contribution in [0.1, 0.15) is 27.6 Å². The molecule has 0 bridgehead atoms. The fourth-order valence-corrected chi connectivity index (χ4v) is 3.40. The van der Waals surface area contributed by atoms with Gasteiger partial charge in [-0.1, -0.05) is 23.7 Å². The highest BCUT2D eigenvalue weighted by Gasteiger charge is 2.23. The third kappa shape index (κ3) is 3.78. The average Bonchev–Trinajstić information content (AvgIpc) is 2.60. The number of carbonyl (C=O) groups is 3. The maximum atomic E-state index is 12.2. The Morgan fingerprint density at radius 3 is 2.60 bits per heavy atom. The lowest BCUT2D eigenvalue weighted by Gasteiger charge is -2.21. The summed E-state index contributed by atoms with van der Waals surface area (Å²) in [7, 11) is 0. The van der Waals surface area contributed by atoms with E-state index in [1.165, 1.54) is 11.8 Å². The van der Waals surface area contributed by atoms with Crippen LogP contribution in [0.15, 0.2) is 47.4 Å². The van der Waals surface area contributed by atoms with Gasteiger partial charge in [0.15, 0.2) is 0 Å². The molecule has 1 aliphatic rings. The van der Waals surface area contributed by atoms with Crippen molar-refractivity contribution >= 4 is 46.8 Å². The number of nitrogens with one attached hydrogen (secondary N) is 3. The Balaban J connectivity index is 1.68. The number of thioether (sulfide) groups is 1. The number of rotatable bonds is 2. The van der Waals surface area contributed by atoms with Crippen LogP contribution >= 0.6 is 23.4 Å². The number of benzene rings is 2. The monoisotopic (exact) mass is 375 g/mol. The zero-order chi connectivity index (χ0) is 18.0. The molecule has 0 spiro atoms. The number of amides is 3. The molecule has 3 rings (SSSR count). The second kappa shape index (κ2) is 7.16. The first-order valence-corrected chi connectivity index (χ1v) is 8.68. The van der Waals surface area contributed by atoms with Gasteiger partial charge < -0.3 is 5.32 Å². The molecule has 1 aliphatic heterocycles. The normalized spacial score (nSPS) is 15.8. The van der Waals surface area contributed by atoms with Crippen LogP contribution in [-0.4, -0.2) is 23.0 Å². The number of hydrazine groups is 1. The van der Waals surface area contributed by atoms with E-state index in [-0.39, 0.29) is 21.7 Å². The van der Waals surface area contributed by atoms with Gasteiger partial charge in [0.25, 0.3) is 11.8 Å². The summed E-state index contributed by atoms with van der Waals surface area (Å²) in [6.07, 6.45) is 0. The van der Waals surface area contributed by atoms with E-state index in [0.717, 1.165) is 4.90 Å². The zero-order valence-electron chi connectivity index (χ0n) is 13.1. The molecule has 25 heavy (non-hydrogen) atoms. The van der Waals surface area contributed by atoms with Crippen molar-refractivity contribution < 1.29 is 14.4 Å². The number of hydrogen-bond acceptors (Lipinski definition) is 4. The molecular weight excluding hydrogens is 362 g/mol. The van der Waals surface area contributed by atoms with Crippen LogP contribution in [0.25, 0.3) is 0 Å². The Bertz CT molecular complexity index is 872. The smallest absolute Gasteiger partial charge is 0.271 e. The highest BCUT2D eigenvalue weighted by Crippen LogP contribution is 2.35. The molecule has 3 N–H and O–H groups in total. The van der Waals surface area contributed by atoms with Crippen molar-refractivity contribution in [1.82, 2.24) is 10.9 Å². The van der Waals surface area contributed by atoms with Gasteiger partial charge in [-0.05, 0) is 37.3 Å². The lowest BCUT2D eigenvalue weighted by Crippen LogP contribution is -2.41. The van der Waals surface area contributed by atoms with E-state index in [0.29, 0.717) is 11.3 Å². The fourth-order valence-electron chi connectivity index (χ4n) is 2.25. The van der Waals surface area contributed by atoms with Crippen LogP contribution < -0.4 is 16.2 Å². The van der Waals surface area contributed by atoms with E-state index in [1.54, 1.807) is 42.5 Å². The van der Waals surface area contributed by atoms with Crippen molar-refractivity contribution in [1.29, 1.82) is 0 Å². The predicted molar refractivity (Wildman–Crippen MR) is 96.8 cm³/mol. The first-order valence-electron chi connectivity index (χ1n) is 7.42. The van der Waals surface area contributed by atoms with E-state index < -0.39 is 11.8 Å². The van der Waals surface area contributed by atoms with Gasteiger partial charge in [0.05, 0.1) is 21.5 Å². The summed E-state index contributed by atoms with van der Waals surface area (Å²) in [4.78, 5) is 36.9. The first kappa shape index (κ1) is 17.3. The summed E-state index contributed by atoms with van der Waals surface area (Å²) in [6.45, 7) is 1.81. The van der Waals surface area contributed by atoms with Gasteiger partial charge in [-0.2, -0.15) is 0 Å². The van der Waals surface area contributed by atoms with E-state index in [1.807, 2.05) is 6.92 Å². The topological polar surface area (TPSA) is 87.3 Å². The van der Waals surface area contributed by atoms with Crippen molar-refractivity contribution in [3.05, 3.63) is 58.6 Å². The van der Waals surface area contributed by atoms with Gasteiger partial charge in [-0.15, -0.1) is 11.8 Å². The van der Waals surface area contributed by atoms with Gasteiger partial charge in [-0.3, -0.25) is 25.2 Å². The first-order chi connectivity index (χ1) is 12.0. The quantitative estimate of drug-likeness (QED) is 0.704. The summed E-state index contributed by atoms with van der Waals surface area (Å²) in [5.74, 6) is -1.13. The summed E-state index contributed by atoms with van der Waals surface area (Å²) in [5.41, 5.74) is 5.81. The van der Waals surface area contributed by atoms with E-state index in [9.17, 15) is 14.4 Å².